The van der Waals surface area contributed by atoms with E-state index in [2.05, 4.69) is 24.3 Å². The molecule has 0 amide bonds. The third-order valence-corrected chi connectivity index (χ3v) is 4.79. The van der Waals surface area contributed by atoms with Gasteiger partial charge in [0.15, 0.2) is 0 Å². The first-order chi connectivity index (χ1) is 14.7. The van der Waals surface area contributed by atoms with Gasteiger partial charge in [0, 0.05) is 22.8 Å². The Kier molecular flexibility index (Phi) is 7.45. The number of hydrogen-bond acceptors (Lipinski definition) is 3. The Morgan fingerprint density at radius 2 is 1.10 bits per heavy atom. The number of anilines is 2. The fourth-order valence-corrected chi connectivity index (χ4v) is 3.19. The predicted molar refractivity (Wildman–Crippen MR) is 127 cm³/mol. The summed E-state index contributed by atoms with van der Waals surface area (Å²) in [5.41, 5.74) is 19.4. The number of nitrogens with two attached hydrogens (primary N) is 2. The topological polar surface area (TPSA) is 64.9 Å². The van der Waals surface area contributed by atoms with Crippen molar-refractivity contribution in [2.24, 2.45) is 0 Å². The first-order valence-electron chi connectivity index (χ1n) is 9.82. The molecule has 0 bridgehead atoms. The largest absolute Gasteiger partial charge is 2.00 e. The van der Waals surface area contributed by atoms with E-state index in [9.17, 15) is 0 Å². The van der Waals surface area contributed by atoms with Gasteiger partial charge in [-0.05, 0) is 35.4 Å². The van der Waals surface area contributed by atoms with Crippen LogP contribution in [0.2, 0.25) is 0 Å². The fourth-order valence-electron chi connectivity index (χ4n) is 3.19. The van der Waals surface area contributed by atoms with Crippen molar-refractivity contribution in [1.82, 2.24) is 4.98 Å². The van der Waals surface area contributed by atoms with Crippen LogP contribution in [0.4, 0.5) is 11.4 Å². The van der Waals surface area contributed by atoms with Crippen LogP contribution in [-0.4, -0.2) is 4.98 Å². The maximum atomic E-state index is 5.81. The van der Waals surface area contributed by atoms with Gasteiger partial charge in [0.25, 0.3) is 0 Å². The maximum absolute atomic E-state index is 5.81. The van der Waals surface area contributed by atoms with Gasteiger partial charge in [0.1, 0.15) is 0 Å². The average molecular weight is 445 g/mol. The van der Waals surface area contributed by atoms with Crippen molar-refractivity contribution in [2.75, 3.05) is 11.5 Å². The summed E-state index contributed by atoms with van der Waals surface area (Å²) < 4.78 is 0. The maximum Gasteiger partial charge on any atom is 2.00 e. The molecule has 0 aliphatic rings. The molecule has 0 unspecified atom stereocenters. The van der Waals surface area contributed by atoms with Crippen LogP contribution < -0.4 is 11.5 Å². The molecule has 5 aromatic rings. The van der Waals surface area contributed by atoms with Crippen molar-refractivity contribution in [1.29, 1.82) is 0 Å². The minimum Gasteiger partial charge on any atom is -0.399 e. The Bertz CT molecular complexity index is 1090. The van der Waals surface area contributed by atoms with Crippen molar-refractivity contribution >= 4 is 11.4 Å². The van der Waals surface area contributed by atoms with E-state index in [1.807, 2.05) is 91.0 Å². The number of hydrogen-bond donors (Lipinski definition) is 2. The standard InChI is InChI=1S/C22H18N3.C5H5.Fe/c23-19-9-5-16(6-10-19)21-13-18(15-3-1-2-4-15)14-22(25-21)17-7-11-20(24)12-8-17;1-2-4-5-3-1;/h1-14H,23-24H2;1-5H;/q2*-1;+2. The molecule has 0 spiro atoms. The van der Waals surface area contributed by atoms with Gasteiger partial charge in [-0.3, -0.25) is 4.98 Å². The number of aromatic nitrogens is 1. The van der Waals surface area contributed by atoms with E-state index in [4.69, 9.17) is 16.5 Å². The van der Waals surface area contributed by atoms with Gasteiger partial charge >= 0.3 is 17.1 Å². The molecule has 1 heterocycles. The van der Waals surface area contributed by atoms with Gasteiger partial charge in [-0.25, -0.2) is 12.1 Å². The zero-order valence-electron chi connectivity index (χ0n) is 16.9. The third kappa shape index (κ3) is 5.73. The van der Waals surface area contributed by atoms with E-state index in [0.29, 0.717) is 0 Å². The fraction of sp³-hybridized carbons (Fsp3) is 0. The quantitative estimate of drug-likeness (QED) is 0.193. The van der Waals surface area contributed by atoms with E-state index in [1.54, 1.807) is 0 Å². The van der Waals surface area contributed by atoms with E-state index >= 15 is 0 Å². The monoisotopic (exact) mass is 445 g/mol. The Morgan fingerprint density at radius 1 is 0.645 bits per heavy atom. The molecule has 5 rings (SSSR count). The molecule has 3 nitrogen and oxygen atoms in total. The zero-order valence-corrected chi connectivity index (χ0v) is 18.0. The number of nitrogen functional groups attached to an aromatic ring is 2. The summed E-state index contributed by atoms with van der Waals surface area (Å²) in [6.07, 6.45) is 0. The Hall–Kier alpha value is -3.59. The summed E-state index contributed by atoms with van der Waals surface area (Å²) in [7, 11) is 0. The first kappa shape index (κ1) is 22.1. The zero-order chi connectivity index (χ0) is 20.8. The van der Waals surface area contributed by atoms with Crippen molar-refractivity contribution in [3.8, 4) is 33.6 Å². The summed E-state index contributed by atoms with van der Waals surface area (Å²) in [6, 6.07) is 38.1. The second-order valence-corrected chi connectivity index (χ2v) is 7.01. The molecule has 0 saturated heterocycles. The molecule has 0 saturated carbocycles. The van der Waals surface area contributed by atoms with Crippen molar-refractivity contribution in [3.63, 3.8) is 0 Å². The average Bonchev–Trinajstić information content (AvgIpc) is 3.51. The molecule has 154 valence electrons. The SMILES string of the molecule is Nc1ccc(-c2cc(-[c-]3cccc3)cc(-c3ccc(N)cc3)n2)cc1.[Fe+2].c1cc[cH-]c1. The van der Waals surface area contributed by atoms with Crippen molar-refractivity contribution in [2.45, 2.75) is 0 Å². The molecular weight excluding hydrogens is 422 g/mol. The molecule has 4 N–H and O–H groups in total. The third-order valence-electron chi connectivity index (χ3n) is 4.79. The number of nitrogens with zero attached hydrogens (tertiary/aromatic N) is 1. The summed E-state index contributed by atoms with van der Waals surface area (Å²) in [4.78, 5) is 4.86. The summed E-state index contributed by atoms with van der Waals surface area (Å²) in [5, 5.41) is 0. The van der Waals surface area contributed by atoms with Crippen molar-refractivity contribution in [3.05, 3.63) is 115 Å². The van der Waals surface area contributed by atoms with Crippen molar-refractivity contribution < 1.29 is 17.1 Å². The van der Waals surface area contributed by atoms with Crippen LogP contribution in [0.1, 0.15) is 0 Å². The molecular formula is C27H23FeN3. The van der Waals surface area contributed by atoms with Crippen LogP contribution in [0.3, 0.4) is 0 Å². The Morgan fingerprint density at radius 3 is 1.48 bits per heavy atom. The van der Waals surface area contributed by atoms with Crippen LogP contribution in [0.25, 0.3) is 33.6 Å². The molecule has 0 aliphatic carbocycles. The van der Waals surface area contributed by atoms with Gasteiger partial charge in [0.05, 0.1) is 0 Å². The summed E-state index contributed by atoms with van der Waals surface area (Å²) in [5.74, 6) is 0. The van der Waals surface area contributed by atoms with E-state index in [1.165, 1.54) is 5.56 Å². The van der Waals surface area contributed by atoms with Gasteiger partial charge < -0.3 is 11.5 Å². The van der Waals surface area contributed by atoms with Gasteiger partial charge in [-0.2, -0.15) is 30.3 Å². The second kappa shape index (κ2) is 10.4. The molecule has 4 aromatic carbocycles. The molecule has 4 heteroatoms. The summed E-state index contributed by atoms with van der Waals surface area (Å²) >= 11 is 0. The normalized spacial score (nSPS) is 9.94. The van der Waals surface area contributed by atoms with Crippen LogP contribution in [-0.2, 0) is 17.1 Å². The number of benzene rings is 2. The van der Waals surface area contributed by atoms with Crippen LogP contribution in [0, 0.1) is 0 Å². The molecule has 0 fully saturated rings. The van der Waals surface area contributed by atoms with Crippen LogP contribution >= 0.6 is 0 Å². The summed E-state index contributed by atoms with van der Waals surface area (Å²) in [6.45, 7) is 0. The van der Waals surface area contributed by atoms with E-state index < -0.39 is 0 Å². The first-order valence-corrected chi connectivity index (χ1v) is 9.82. The number of rotatable bonds is 3. The molecule has 0 atom stereocenters. The van der Waals surface area contributed by atoms with E-state index in [0.717, 1.165) is 39.5 Å². The molecule has 31 heavy (non-hydrogen) atoms. The van der Waals surface area contributed by atoms with Gasteiger partial charge in [0.2, 0.25) is 0 Å². The Labute approximate surface area is 193 Å². The van der Waals surface area contributed by atoms with Gasteiger partial charge in [-0.1, -0.05) is 42.0 Å². The van der Waals surface area contributed by atoms with E-state index in [-0.39, 0.29) is 17.1 Å². The molecule has 0 radical (unpaired) electrons. The minimum atomic E-state index is 0. The molecule has 1 aromatic heterocycles. The van der Waals surface area contributed by atoms with Crippen LogP contribution in [0.5, 0.6) is 0 Å². The Balaban J connectivity index is 0.000000401. The molecule has 0 aliphatic heterocycles. The van der Waals surface area contributed by atoms with Crippen LogP contribution in [0.15, 0.2) is 115 Å². The predicted octanol–water partition coefficient (Wildman–Crippen LogP) is 6.37. The van der Waals surface area contributed by atoms with Gasteiger partial charge in [-0.15, -0.1) is 17.7 Å². The minimum absolute atomic E-state index is 0. The smallest absolute Gasteiger partial charge is 0.399 e. The number of pyridine rings is 1. The second-order valence-electron chi connectivity index (χ2n) is 7.01.